The fourth-order valence-corrected chi connectivity index (χ4v) is 2.09. The van der Waals surface area contributed by atoms with Gasteiger partial charge in [-0.05, 0) is 6.42 Å². The van der Waals surface area contributed by atoms with Gasteiger partial charge in [-0.3, -0.25) is 4.79 Å². The minimum Gasteiger partial charge on any atom is -0.468 e. The Balaban J connectivity index is 4.21. The third-order valence-electron chi connectivity index (χ3n) is 1.81. The number of sulfonamides is 1. The van der Waals surface area contributed by atoms with Crippen LogP contribution in [0, 0.1) is 0 Å². The average Bonchev–Trinajstić information content (AvgIpc) is 2.14. The molecule has 0 radical (unpaired) electrons. The Bertz CT molecular complexity index is 273. The molecule has 5 nitrogen and oxygen atoms in total. The lowest BCUT2D eigenvalue weighted by Gasteiger charge is -2.15. The second-order valence-corrected chi connectivity index (χ2v) is 5.20. The molecule has 0 aliphatic rings. The monoisotopic (exact) mass is 223 g/mol. The van der Waals surface area contributed by atoms with E-state index in [0.29, 0.717) is 6.42 Å². The smallest absolute Gasteiger partial charge is 0.320 e. The number of ether oxygens (including phenoxy) is 1. The highest BCUT2D eigenvalue weighted by Crippen LogP contribution is 2.02. The average molecular weight is 223 g/mol. The molecule has 0 rings (SSSR count). The van der Waals surface area contributed by atoms with Gasteiger partial charge in [0.1, 0.15) is 6.54 Å². The van der Waals surface area contributed by atoms with E-state index in [1.54, 1.807) is 0 Å². The Morgan fingerprint density at radius 3 is 2.43 bits per heavy atom. The van der Waals surface area contributed by atoms with Crippen LogP contribution < -0.4 is 0 Å². The second-order valence-electron chi connectivity index (χ2n) is 3.00. The SMILES string of the molecule is CCCCS(=O)(=O)N(C)CC(=O)OC. The first-order valence-corrected chi connectivity index (χ1v) is 6.05. The van der Waals surface area contributed by atoms with E-state index >= 15 is 0 Å². The fraction of sp³-hybridized carbons (Fsp3) is 0.875. The summed E-state index contributed by atoms with van der Waals surface area (Å²) in [5, 5.41) is 0. The van der Waals surface area contributed by atoms with Gasteiger partial charge < -0.3 is 4.74 Å². The van der Waals surface area contributed by atoms with Gasteiger partial charge >= 0.3 is 5.97 Å². The number of nitrogens with zero attached hydrogens (tertiary/aromatic N) is 1. The predicted molar refractivity (Wildman–Crippen MR) is 53.3 cm³/mol. The maximum Gasteiger partial charge on any atom is 0.320 e. The summed E-state index contributed by atoms with van der Waals surface area (Å²) < 4.78 is 28.3. The number of hydrogen-bond donors (Lipinski definition) is 0. The van der Waals surface area contributed by atoms with Crippen LogP contribution in [0.15, 0.2) is 0 Å². The molecular weight excluding hydrogens is 206 g/mol. The van der Waals surface area contributed by atoms with Crippen molar-refractivity contribution in [3.8, 4) is 0 Å². The highest BCUT2D eigenvalue weighted by atomic mass is 32.2. The molecule has 14 heavy (non-hydrogen) atoms. The molecule has 0 N–H and O–H groups in total. The normalized spacial score (nSPS) is 11.7. The van der Waals surface area contributed by atoms with Gasteiger partial charge in [-0.15, -0.1) is 0 Å². The third kappa shape index (κ3) is 4.57. The summed E-state index contributed by atoms with van der Waals surface area (Å²) in [6.45, 7) is 1.69. The summed E-state index contributed by atoms with van der Waals surface area (Å²) in [7, 11) is -0.687. The van der Waals surface area contributed by atoms with Crippen molar-refractivity contribution in [2.45, 2.75) is 19.8 Å². The second kappa shape index (κ2) is 5.98. The molecular formula is C8H17NO4S. The van der Waals surface area contributed by atoms with Crippen LogP contribution in [0.25, 0.3) is 0 Å². The van der Waals surface area contributed by atoms with Crippen LogP contribution in [0.2, 0.25) is 0 Å². The molecule has 0 spiro atoms. The standard InChI is InChI=1S/C8H17NO4S/c1-4-5-6-14(11,12)9(2)7-8(10)13-3/h4-7H2,1-3H3. The van der Waals surface area contributed by atoms with E-state index in [4.69, 9.17) is 0 Å². The molecule has 0 aromatic heterocycles. The topological polar surface area (TPSA) is 63.7 Å². The van der Waals surface area contributed by atoms with Crippen molar-refractivity contribution in [2.24, 2.45) is 0 Å². The number of unbranched alkanes of at least 4 members (excludes halogenated alkanes) is 1. The van der Waals surface area contributed by atoms with Crippen LogP contribution in [0.4, 0.5) is 0 Å². The number of likely N-dealkylation sites (N-methyl/N-ethyl adjacent to an activating group) is 1. The summed E-state index contributed by atoms with van der Waals surface area (Å²) >= 11 is 0. The van der Waals surface area contributed by atoms with Crippen LogP contribution in [0.3, 0.4) is 0 Å². The van der Waals surface area contributed by atoms with E-state index in [1.165, 1.54) is 14.2 Å². The molecule has 0 amide bonds. The molecule has 0 aromatic carbocycles. The first-order valence-electron chi connectivity index (χ1n) is 4.45. The van der Waals surface area contributed by atoms with Gasteiger partial charge in [0.15, 0.2) is 0 Å². The van der Waals surface area contributed by atoms with Crippen molar-refractivity contribution >= 4 is 16.0 Å². The molecule has 0 unspecified atom stereocenters. The van der Waals surface area contributed by atoms with E-state index < -0.39 is 16.0 Å². The lowest BCUT2D eigenvalue weighted by atomic mass is 10.4. The van der Waals surface area contributed by atoms with Crippen LogP contribution in [-0.2, 0) is 19.6 Å². The van der Waals surface area contributed by atoms with E-state index in [1.807, 2.05) is 6.92 Å². The van der Waals surface area contributed by atoms with E-state index in [9.17, 15) is 13.2 Å². The Kier molecular flexibility index (Phi) is 5.71. The minimum absolute atomic E-state index is 0.0804. The predicted octanol–water partition coefficient (Wildman–Crippen LogP) is 0.221. The van der Waals surface area contributed by atoms with Gasteiger partial charge in [0.05, 0.1) is 12.9 Å². The van der Waals surface area contributed by atoms with E-state index in [2.05, 4.69) is 4.74 Å². The molecule has 0 aliphatic carbocycles. The Morgan fingerprint density at radius 2 is 2.00 bits per heavy atom. The molecule has 0 atom stereocenters. The number of carbonyl (C=O) groups excluding carboxylic acids is 1. The Labute approximate surface area is 85.1 Å². The first kappa shape index (κ1) is 13.4. The number of carbonyl (C=O) groups is 1. The molecule has 0 aromatic rings. The van der Waals surface area contributed by atoms with Gasteiger partial charge in [0, 0.05) is 7.05 Å². The Hall–Kier alpha value is -0.620. The highest BCUT2D eigenvalue weighted by molar-refractivity contribution is 7.89. The van der Waals surface area contributed by atoms with Crippen molar-refractivity contribution in [1.29, 1.82) is 0 Å². The van der Waals surface area contributed by atoms with Crippen LogP contribution in [-0.4, -0.2) is 45.1 Å². The lowest BCUT2D eigenvalue weighted by molar-refractivity contribution is -0.140. The number of esters is 1. The summed E-state index contributed by atoms with van der Waals surface area (Å²) in [6.07, 6.45) is 1.42. The van der Waals surface area contributed by atoms with Gasteiger partial charge in [-0.1, -0.05) is 13.3 Å². The van der Waals surface area contributed by atoms with Crippen LogP contribution in [0.1, 0.15) is 19.8 Å². The zero-order valence-corrected chi connectivity index (χ0v) is 9.63. The van der Waals surface area contributed by atoms with Crippen molar-refractivity contribution in [3.63, 3.8) is 0 Å². The number of hydrogen-bond acceptors (Lipinski definition) is 4. The molecule has 0 heterocycles. The van der Waals surface area contributed by atoms with E-state index in [0.717, 1.165) is 10.7 Å². The third-order valence-corrected chi connectivity index (χ3v) is 3.69. The van der Waals surface area contributed by atoms with Gasteiger partial charge in [0.25, 0.3) is 0 Å². The first-order chi connectivity index (χ1) is 6.44. The molecule has 6 heteroatoms. The largest absolute Gasteiger partial charge is 0.468 e. The highest BCUT2D eigenvalue weighted by Gasteiger charge is 2.19. The molecule has 0 saturated carbocycles. The Morgan fingerprint density at radius 1 is 1.43 bits per heavy atom. The molecule has 84 valence electrons. The molecule has 0 saturated heterocycles. The number of rotatable bonds is 6. The fourth-order valence-electron chi connectivity index (χ4n) is 0.827. The van der Waals surface area contributed by atoms with Crippen molar-refractivity contribution < 1.29 is 17.9 Å². The lowest BCUT2D eigenvalue weighted by Crippen LogP contribution is -2.34. The summed E-state index contributed by atoms with van der Waals surface area (Å²) in [6, 6.07) is 0. The summed E-state index contributed by atoms with van der Waals surface area (Å²) in [5.74, 6) is -0.468. The van der Waals surface area contributed by atoms with Crippen molar-refractivity contribution in [2.75, 3.05) is 26.5 Å². The number of methoxy groups -OCH3 is 1. The maximum atomic E-state index is 11.5. The zero-order valence-electron chi connectivity index (χ0n) is 8.82. The molecule has 0 bridgehead atoms. The van der Waals surface area contributed by atoms with Crippen molar-refractivity contribution in [1.82, 2.24) is 4.31 Å². The summed E-state index contributed by atoms with van der Waals surface area (Å²) in [5.41, 5.74) is 0. The maximum absolute atomic E-state index is 11.5. The van der Waals surface area contributed by atoms with Gasteiger partial charge in [0.2, 0.25) is 10.0 Å². The summed E-state index contributed by atoms with van der Waals surface area (Å²) in [4.78, 5) is 10.8. The molecule has 0 fully saturated rings. The van der Waals surface area contributed by atoms with E-state index in [-0.39, 0.29) is 12.3 Å². The molecule has 0 aliphatic heterocycles. The zero-order chi connectivity index (χ0) is 11.2. The van der Waals surface area contributed by atoms with Crippen molar-refractivity contribution in [3.05, 3.63) is 0 Å². The quantitative estimate of drug-likeness (QED) is 0.604. The van der Waals surface area contributed by atoms with Gasteiger partial charge in [-0.2, -0.15) is 4.31 Å². The van der Waals surface area contributed by atoms with Gasteiger partial charge in [-0.25, -0.2) is 8.42 Å². The minimum atomic E-state index is -3.30. The van der Waals surface area contributed by atoms with Crippen LogP contribution >= 0.6 is 0 Å². The van der Waals surface area contributed by atoms with Crippen LogP contribution in [0.5, 0.6) is 0 Å².